The summed E-state index contributed by atoms with van der Waals surface area (Å²) in [5, 5.41) is 5.44. The molecule has 2 N–H and O–H groups in total. The van der Waals surface area contributed by atoms with Crippen LogP contribution in [0.1, 0.15) is 34.1 Å². The molecule has 1 aliphatic rings. The van der Waals surface area contributed by atoms with Crippen LogP contribution in [0.15, 0.2) is 0 Å². The summed E-state index contributed by atoms with van der Waals surface area (Å²) in [4.78, 5) is 22.8. The zero-order valence-corrected chi connectivity index (χ0v) is 9.89. The van der Waals surface area contributed by atoms with Crippen LogP contribution in [0.25, 0.3) is 0 Å². The predicted octanol–water partition coefficient (Wildman–Crippen LogP) is 0.673. The zero-order chi connectivity index (χ0) is 11.6. The molecule has 0 spiro atoms. The molecule has 2 atom stereocenters. The van der Waals surface area contributed by atoms with Crippen LogP contribution in [0, 0.1) is 11.8 Å². The number of carbonyl (C=O) groups is 2. The van der Waals surface area contributed by atoms with E-state index in [1.54, 1.807) is 0 Å². The van der Waals surface area contributed by atoms with Gasteiger partial charge in [0.15, 0.2) is 0 Å². The van der Waals surface area contributed by atoms with Gasteiger partial charge in [-0.15, -0.1) is 0 Å². The van der Waals surface area contributed by atoms with Gasteiger partial charge in [0.2, 0.25) is 11.8 Å². The van der Waals surface area contributed by atoms with Gasteiger partial charge in [-0.05, 0) is 33.1 Å². The van der Waals surface area contributed by atoms with Gasteiger partial charge in [-0.3, -0.25) is 9.59 Å². The third-order valence-electron chi connectivity index (χ3n) is 2.38. The molecule has 0 heterocycles. The number of nitrogens with one attached hydrogen (secondary N) is 2. The lowest BCUT2D eigenvalue weighted by Crippen LogP contribution is -2.46. The highest BCUT2D eigenvalue weighted by Crippen LogP contribution is 2.37. The third kappa shape index (κ3) is 4.32. The second kappa shape index (κ2) is 4.21. The lowest BCUT2D eigenvalue weighted by atomic mass is 10.1. The summed E-state index contributed by atoms with van der Waals surface area (Å²) < 4.78 is 0. The second-order valence-corrected chi connectivity index (χ2v) is 5.34. The second-order valence-electron chi connectivity index (χ2n) is 5.34. The highest BCUT2D eigenvalue weighted by atomic mass is 16.2. The van der Waals surface area contributed by atoms with Crippen LogP contribution in [-0.4, -0.2) is 23.9 Å². The molecule has 0 radical (unpaired) electrons. The number of carbonyl (C=O) groups excluding carboxylic acids is 2. The van der Waals surface area contributed by atoms with Crippen molar-refractivity contribution in [1.29, 1.82) is 0 Å². The Labute approximate surface area is 90.8 Å². The summed E-state index contributed by atoms with van der Waals surface area (Å²) in [7, 11) is 0. The topological polar surface area (TPSA) is 58.2 Å². The van der Waals surface area contributed by atoms with Gasteiger partial charge in [0.05, 0.1) is 6.54 Å². The minimum atomic E-state index is -0.241. The van der Waals surface area contributed by atoms with Crippen molar-refractivity contribution in [2.75, 3.05) is 6.54 Å². The highest BCUT2D eigenvalue weighted by Gasteiger charge is 2.39. The van der Waals surface area contributed by atoms with Crippen molar-refractivity contribution in [2.24, 2.45) is 11.8 Å². The molecule has 1 aliphatic carbocycles. The van der Waals surface area contributed by atoms with E-state index in [-0.39, 0.29) is 29.8 Å². The van der Waals surface area contributed by atoms with Gasteiger partial charge in [0.25, 0.3) is 0 Å². The standard InChI is InChI=1S/C11H20N2O2/c1-7-5-8(7)10(15)12-6-9(14)13-11(2,3)4/h7-8H,5-6H2,1-4H3,(H,12,15)(H,13,14). The van der Waals surface area contributed by atoms with E-state index < -0.39 is 0 Å². The molecule has 2 unspecified atom stereocenters. The van der Waals surface area contributed by atoms with Crippen molar-refractivity contribution in [1.82, 2.24) is 10.6 Å². The summed E-state index contributed by atoms with van der Waals surface area (Å²) in [6, 6.07) is 0. The summed E-state index contributed by atoms with van der Waals surface area (Å²) in [5.41, 5.74) is -0.241. The van der Waals surface area contributed by atoms with Crippen molar-refractivity contribution in [2.45, 2.75) is 39.7 Å². The first kappa shape index (κ1) is 12.0. The van der Waals surface area contributed by atoms with E-state index in [1.807, 2.05) is 27.7 Å². The summed E-state index contributed by atoms with van der Waals surface area (Å²) in [5.74, 6) is 0.485. The summed E-state index contributed by atoms with van der Waals surface area (Å²) in [6.45, 7) is 7.86. The van der Waals surface area contributed by atoms with Crippen LogP contribution in [-0.2, 0) is 9.59 Å². The van der Waals surface area contributed by atoms with Gasteiger partial charge in [0.1, 0.15) is 0 Å². The van der Waals surface area contributed by atoms with Gasteiger partial charge in [-0.1, -0.05) is 6.92 Å². The summed E-state index contributed by atoms with van der Waals surface area (Å²) >= 11 is 0. The molecule has 4 nitrogen and oxygen atoms in total. The third-order valence-corrected chi connectivity index (χ3v) is 2.38. The van der Waals surface area contributed by atoms with Gasteiger partial charge in [-0.25, -0.2) is 0 Å². The van der Waals surface area contributed by atoms with E-state index >= 15 is 0 Å². The minimum absolute atomic E-state index is 0.00607. The Bertz CT molecular complexity index is 268. The van der Waals surface area contributed by atoms with Crippen molar-refractivity contribution in [3.8, 4) is 0 Å². The van der Waals surface area contributed by atoms with E-state index in [1.165, 1.54) is 0 Å². The largest absolute Gasteiger partial charge is 0.350 e. The Morgan fingerprint density at radius 2 is 1.87 bits per heavy atom. The van der Waals surface area contributed by atoms with Gasteiger partial charge in [0, 0.05) is 11.5 Å². The number of hydrogen-bond acceptors (Lipinski definition) is 2. The molecule has 0 saturated heterocycles. The van der Waals surface area contributed by atoms with E-state index in [0.717, 1.165) is 6.42 Å². The highest BCUT2D eigenvalue weighted by molar-refractivity contribution is 5.87. The predicted molar refractivity (Wildman–Crippen MR) is 58.2 cm³/mol. The first-order chi connectivity index (χ1) is 6.79. The number of hydrogen-bond donors (Lipinski definition) is 2. The number of rotatable bonds is 3. The first-order valence-corrected chi connectivity index (χ1v) is 5.38. The van der Waals surface area contributed by atoms with Crippen molar-refractivity contribution >= 4 is 11.8 Å². The Kier molecular flexibility index (Phi) is 3.37. The first-order valence-electron chi connectivity index (χ1n) is 5.38. The minimum Gasteiger partial charge on any atom is -0.350 e. The monoisotopic (exact) mass is 212 g/mol. The van der Waals surface area contributed by atoms with Gasteiger partial charge < -0.3 is 10.6 Å². The lowest BCUT2D eigenvalue weighted by Gasteiger charge is -2.20. The van der Waals surface area contributed by atoms with E-state index in [0.29, 0.717) is 5.92 Å². The van der Waals surface area contributed by atoms with Crippen molar-refractivity contribution in [3.05, 3.63) is 0 Å². The molecular weight excluding hydrogens is 192 g/mol. The quantitative estimate of drug-likeness (QED) is 0.722. The molecule has 0 aromatic carbocycles. The van der Waals surface area contributed by atoms with Crippen LogP contribution in [0.3, 0.4) is 0 Å². The Morgan fingerprint density at radius 1 is 1.33 bits per heavy atom. The van der Waals surface area contributed by atoms with E-state index in [9.17, 15) is 9.59 Å². The molecule has 1 fully saturated rings. The average Bonchev–Trinajstić information content (AvgIpc) is 2.75. The molecule has 0 bridgehead atoms. The average molecular weight is 212 g/mol. The Balaban J connectivity index is 2.20. The Hall–Kier alpha value is -1.06. The molecule has 0 aromatic rings. The molecule has 0 aliphatic heterocycles. The van der Waals surface area contributed by atoms with Crippen LogP contribution in [0.2, 0.25) is 0 Å². The normalized spacial score (nSPS) is 24.5. The van der Waals surface area contributed by atoms with Crippen molar-refractivity contribution in [3.63, 3.8) is 0 Å². The Morgan fingerprint density at radius 3 is 2.27 bits per heavy atom. The molecule has 0 aromatic heterocycles. The van der Waals surface area contributed by atoms with Crippen LogP contribution in [0.5, 0.6) is 0 Å². The van der Waals surface area contributed by atoms with E-state index in [4.69, 9.17) is 0 Å². The van der Waals surface area contributed by atoms with Gasteiger partial charge in [-0.2, -0.15) is 0 Å². The van der Waals surface area contributed by atoms with Crippen molar-refractivity contribution < 1.29 is 9.59 Å². The molecule has 2 amide bonds. The maximum Gasteiger partial charge on any atom is 0.239 e. The lowest BCUT2D eigenvalue weighted by molar-refractivity contribution is -0.127. The molecule has 15 heavy (non-hydrogen) atoms. The smallest absolute Gasteiger partial charge is 0.239 e. The molecule has 86 valence electrons. The van der Waals surface area contributed by atoms with Crippen LogP contribution < -0.4 is 10.6 Å². The maximum atomic E-state index is 11.4. The SMILES string of the molecule is CC1CC1C(=O)NCC(=O)NC(C)(C)C. The van der Waals surface area contributed by atoms with E-state index in [2.05, 4.69) is 10.6 Å². The fourth-order valence-electron chi connectivity index (χ4n) is 1.45. The molecular formula is C11H20N2O2. The molecule has 4 heteroatoms. The molecule has 1 rings (SSSR count). The van der Waals surface area contributed by atoms with Crippen LogP contribution in [0.4, 0.5) is 0 Å². The summed E-state index contributed by atoms with van der Waals surface area (Å²) in [6.07, 6.45) is 0.951. The molecule has 1 saturated carbocycles. The zero-order valence-electron chi connectivity index (χ0n) is 9.89. The maximum absolute atomic E-state index is 11.4. The van der Waals surface area contributed by atoms with Crippen LogP contribution >= 0.6 is 0 Å². The number of amides is 2. The van der Waals surface area contributed by atoms with Gasteiger partial charge >= 0.3 is 0 Å². The fraction of sp³-hybridized carbons (Fsp3) is 0.818. The fourth-order valence-corrected chi connectivity index (χ4v) is 1.45.